The summed E-state index contributed by atoms with van der Waals surface area (Å²) in [5.41, 5.74) is 3.41. The third-order valence-corrected chi connectivity index (χ3v) is 4.16. The molecule has 0 aliphatic carbocycles. The highest BCUT2D eigenvalue weighted by atomic mass is 16.5. The molecule has 26 heavy (non-hydrogen) atoms. The molecule has 1 heterocycles. The minimum Gasteiger partial charge on any atom is -0.493 e. The number of aromatic nitrogens is 1. The topological polar surface area (TPSA) is 49.8 Å². The van der Waals surface area contributed by atoms with Gasteiger partial charge in [0.2, 0.25) is 0 Å². The van der Waals surface area contributed by atoms with Crippen molar-refractivity contribution >= 4 is 0 Å². The molecule has 5 heteroatoms. The van der Waals surface area contributed by atoms with Crippen LogP contribution < -0.4 is 18.9 Å². The van der Waals surface area contributed by atoms with Gasteiger partial charge >= 0.3 is 0 Å². The smallest absolute Gasteiger partial charge is 0.170 e. The van der Waals surface area contributed by atoms with Crippen LogP contribution in [0.4, 0.5) is 0 Å². The van der Waals surface area contributed by atoms with Gasteiger partial charge in [-0.1, -0.05) is 24.3 Å². The van der Waals surface area contributed by atoms with Crippen LogP contribution in [0.15, 0.2) is 54.7 Å². The Balaban J connectivity index is 2.27. The molecular weight excluding hydrogens is 330 g/mol. The van der Waals surface area contributed by atoms with Crippen molar-refractivity contribution in [1.29, 1.82) is 0 Å². The standard InChI is InChI=1S/C21H21NO4/c1-23-17-11-5-8-15(20(17)25-3)14-10-7-13-22-19(14)16-9-6-12-18(24-2)21(16)26-4/h5-13H,1-4H3. The highest BCUT2D eigenvalue weighted by Gasteiger charge is 2.19. The van der Waals surface area contributed by atoms with Crippen LogP contribution in [0.3, 0.4) is 0 Å². The molecule has 0 fully saturated rings. The second kappa shape index (κ2) is 7.78. The second-order valence-corrected chi connectivity index (χ2v) is 5.48. The molecular formula is C21H21NO4. The fourth-order valence-corrected chi connectivity index (χ4v) is 3.01. The summed E-state index contributed by atoms with van der Waals surface area (Å²) in [6, 6.07) is 15.4. The molecule has 2 aromatic carbocycles. The van der Waals surface area contributed by atoms with Crippen LogP contribution in [0.2, 0.25) is 0 Å². The lowest BCUT2D eigenvalue weighted by Crippen LogP contribution is -1.98. The molecule has 134 valence electrons. The Morgan fingerprint density at radius 1 is 0.577 bits per heavy atom. The van der Waals surface area contributed by atoms with Crippen molar-refractivity contribution in [3.8, 4) is 45.4 Å². The predicted octanol–water partition coefficient (Wildman–Crippen LogP) is 4.45. The number of methoxy groups -OCH3 is 4. The number of pyridine rings is 1. The molecule has 1 aromatic heterocycles. The van der Waals surface area contributed by atoms with Crippen LogP contribution in [-0.4, -0.2) is 33.4 Å². The second-order valence-electron chi connectivity index (χ2n) is 5.48. The maximum atomic E-state index is 5.61. The van der Waals surface area contributed by atoms with E-state index >= 15 is 0 Å². The van der Waals surface area contributed by atoms with Gasteiger partial charge in [-0.25, -0.2) is 0 Å². The van der Waals surface area contributed by atoms with Gasteiger partial charge in [-0.15, -0.1) is 0 Å². The molecule has 0 aliphatic rings. The average Bonchev–Trinajstić information content (AvgIpc) is 2.72. The maximum Gasteiger partial charge on any atom is 0.170 e. The minimum absolute atomic E-state index is 0.636. The first-order chi connectivity index (χ1) is 12.7. The van der Waals surface area contributed by atoms with Crippen LogP contribution in [0.25, 0.3) is 22.4 Å². The number of ether oxygens (including phenoxy) is 4. The van der Waals surface area contributed by atoms with Gasteiger partial charge in [-0.2, -0.15) is 0 Å². The lowest BCUT2D eigenvalue weighted by molar-refractivity contribution is 0.355. The Kier molecular flexibility index (Phi) is 5.27. The molecule has 0 unspecified atom stereocenters. The van der Waals surface area contributed by atoms with Gasteiger partial charge in [0.1, 0.15) is 0 Å². The molecule has 0 saturated carbocycles. The van der Waals surface area contributed by atoms with Crippen molar-refractivity contribution in [3.63, 3.8) is 0 Å². The van der Waals surface area contributed by atoms with E-state index in [1.54, 1.807) is 34.6 Å². The molecule has 0 radical (unpaired) electrons. The Bertz CT molecular complexity index is 834. The number of benzene rings is 2. The maximum absolute atomic E-state index is 5.61. The lowest BCUT2D eigenvalue weighted by Gasteiger charge is -2.17. The zero-order valence-corrected chi connectivity index (χ0v) is 15.3. The Morgan fingerprint density at radius 2 is 1.12 bits per heavy atom. The molecule has 0 saturated heterocycles. The van der Waals surface area contributed by atoms with Crippen LogP contribution in [-0.2, 0) is 0 Å². The Morgan fingerprint density at radius 3 is 1.69 bits per heavy atom. The van der Waals surface area contributed by atoms with Crippen molar-refractivity contribution < 1.29 is 18.9 Å². The highest BCUT2D eigenvalue weighted by Crippen LogP contribution is 2.44. The van der Waals surface area contributed by atoms with E-state index in [0.717, 1.165) is 22.4 Å². The van der Waals surface area contributed by atoms with Crippen molar-refractivity contribution in [3.05, 3.63) is 54.7 Å². The van der Waals surface area contributed by atoms with Crippen LogP contribution in [0.5, 0.6) is 23.0 Å². The van der Waals surface area contributed by atoms with E-state index in [9.17, 15) is 0 Å². The molecule has 0 spiro atoms. The number of para-hydroxylation sites is 2. The van der Waals surface area contributed by atoms with Gasteiger partial charge < -0.3 is 18.9 Å². The summed E-state index contributed by atoms with van der Waals surface area (Å²) in [4.78, 5) is 4.61. The third kappa shape index (κ3) is 3.04. The molecule has 0 N–H and O–H groups in total. The SMILES string of the molecule is COc1cccc(-c2cccnc2-c2cccc(OC)c2OC)c1OC. The molecule has 5 nitrogen and oxygen atoms in total. The molecule has 0 amide bonds. The monoisotopic (exact) mass is 351 g/mol. The normalized spacial score (nSPS) is 10.3. The molecule has 3 aromatic rings. The lowest BCUT2D eigenvalue weighted by atomic mass is 9.97. The van der Waals surface area contributed by atoms with E-state index in [1.165, 1.54) is 0 Å². The highest BCUT2D eigenvalue weighted by molar-refractivity contribution is 5.87. The third-order valence-electron chi connectivity index (χ3n) is 4.16. The van der Waals surface area contributed by atoms with Crippen LogP contribution >= 0.6 is 0 Å². The van der Waals surface area contributed by atoms with E-state index in [4.69, 9.17) is 18.9 Å². The summed E-state index contributed by atoms with van der Waals surface area (Å²) in [6.45, 7) is 0. The molecule has 0 aliphatic heterocycles. The number of hydrogen-bond acceptors (Lipinski definition) is 5. The zero-order valence-electron chi connectivity index (χ0n) is 15.3. The van der Waals surface area contributed by atoms with Gasteiger partial charge in [0.15, 0.2) is 23.0 Å². The summed E-state index contributed by atoms with van der Waals surface area (Å²) in [5, 5.41) is 0. The molecule has 0 atom stereocenters. The van der Waals surface area contributed by atoms with Crippen molar-refractivity contribution in [2.24, 2.45) is 0 Å². The molecule has 0 bridgehead atoms. The van der Waals surface area contributed by atoms with E-state index in [2.05, 4.69) is 4.98 Å². The summed E-state index contributed by atoms with van der Waals surface area (Å²) in [5.74, 6) is 2.61. The number of rotatable bonds is 6. The predicted molar refractivity (Wildman–Crippen MR) is 101 cm³/mol. The van der Waals surface area contributed by atoms with E-state index in [-0.39, 0.29) is 0 Å². The van der Waals surface area contributed by atoms with Crippen LogP contribution in [0.1, 0.15) is 0 Å². The van der Waals surface area contributed by atoms with Gasteiger partial charge in [-0.3, -0.25) is 4.98 Å². The quantitative estimate of drug-likeness (QED) is 0.657. The largest absolute Gasteiger partial charge is 0.493 e. The van der Waals surface area contributed by atoms with Crippen molar-refractivity contribution in [2.75, 3.05) is 28.4 Å². The van der Waals surface area contributed by atoms with Crippen molar-refractivity contribution in [2.45, 2.75) is 0 Å². The fourth-order valence-electron chi connectivity index (χ4n) is 3.01. The Labute approximate surface area is 153 Å². The number of hydrogen-bond donors (Lipinski definition) is 0. The van der Waals surface area contributed by atoms with Crippen molar-refractivity contribution in [1.82, 2.24) is 4.98 Å². The van der Waals surface area contributed by atoms with Gasteiger partial charge in [-0.05, 0) is 24.3 Å². The fraction of sp³-hybridized carbons (Fsp3) is 0.190. The number of nitrogens with zero attached hydrogens (tertiary/aromatic N) is 1. The van der Waals surface area contributed by atoms with Crippen LogP contribution in [0, 0.1) is 0 Å². The van der Waals surface area contributed by atoms with Gasteiger partial charge in [0.05, 0.1) is 34.1 Å². The Hall–Kier alpha value is -3.21. The summed E-state index contributed by atoms with van der Waals surface area (Å²) < 4.78 is 22.1. The first-order valence-electron chi connectivity index (χ1n) is 8.12. The van der Waals surface area contributed by atoms with E-state index in [0.29, 0.717) is 23.0 Å². The average molecular weight is 351 g/mol. The van der Waals surface area contributed by atoms with Gasteiger partial charge in [0, 0.05) is 22.9 Å². The summed E-state index contributed by atoms with van der Waals surface area (Å²) in [7, 11) is 6.49. The first kappa shape index (κ1) is 17.6. The summed E-state index contributed by atoms with van der Waals surface area (Å²) >= 11 is 0. The minimum atomic E-state index is 0.636. The first-order valence-corrected chi connectivity index (χ1v) is 8.12. The zero-order chi connectivity index (χ0) is 18.5. The summed E-state index contributed by atoms with van der Waals surface area (Å²) in [6.07, 6.45) is 1.75. The van der Waals surface area contributed by atoms with E-state index in [1.807, 2.05) is 48.5 Å². The van der Waals surface area contributed by atoms with Gasteiger partial charge in [0.25, 0.3) is 0 Å². The van der Waals surface area contributed by atoms with E-state index < -0.39 is 0 Å². The molecule has 3 rings (SSSR count).